The Bertz CT molecular complexity index is 859. The van der Waals surface area contributed by atoms with Crippen LogP contribution in [0.5, 0.6) is 0 Å². The number of rotatable bonds is 7. The zero-order valence-electron chi connectivity index (χ0n) is 14.5. The summed E-state index contributed by atoms with van der Waals surface area (Å²) in [5.74, 6) is -3.21. The van der Waals surface area contributed by atoms with E-state index in [2.05, 4.69) is 5.48 Å². The first-order valence-corrected chi connectivity index (χ1v) is 8.50. The molecule has 2 aliphatic carbocycles. The Balaban J connectivity index is 2.36. The maximum absolute atomic E-state index is 12.0. The number of carbonyl (C=O) groups excluding carboxylic acids is 1. The molecule has 0 aromatic heterocycles. The van der Waals surface area contributed by atoms with Crippen molar-refractivity contribution in [2.75, 3.05) is 5.73 Å². The largest absolute Gasteiger partial charge is 0.478 e. The topological polar surface area (TPSA) is 156 Å². The Morgan fingerprint density at radius 3 is 1.96 bits per heavy atom. The second-order valence-corrected chi connectivity index (χ2v) is 7.44. The van der Waals surface area contributed by atoms with Gasteiger partial charge in [0.05, 0.1) is 23.2 Å². The average molecular weight is 392 g/mol. The van der Waals surface area contributed by atoms with Crippen molar-refractivity contribution in [1.29, 1.82) is 0 Å². The zero-order valence-corrected chi connectivity index (χ0v) is 15.4. The van der Waals surface area contributed by atoms with Gasteiger partial charge in [-0.05, 0) is 30.5 Å². The second kappa shape index (κ2) is 7.69. The highest BCUT2D eigenvalue weighted by atomic mass is 31.1. The summed E-state index contributed by atoms with van der Waals surface area (Å²) in [6.45, 7) is 3.03. The van der Waals surface area contributed by atoms with Crippen LogP contribution in [0.25, 0.3) is 11.1 Å². The predicted octanol–water partition coefficient (Wildman–Crippen LogP) is 2.39. The van der Waals surface area contributed by atoms with E-state index in [1.807, 2.05) is 0 Å². The van der Waals surface area contributed by atoms with Gasteiger partial charge < -0.3 is 15.9 Å². The fourth-order valence-electron chi connectivity index (χ4n) is 2.47. The lowest BCUT2D eigenvalue weighted by Crippen LogP contribution is -2.33. The molecule has 0 saturated heterocycles. The Hall–Kier alpha value is -3.03. The minimum atomic E-state index is -1.34. The number of carboxylic acid groups (broad SMARTS) is 2. The lowest BCUT2D eigenvalue weighted by molar-refractivity contribution is -0.138. The molecule has 0 aromatic carbocycles. The van der Waals surface area contributed by atoms with E-state index in [1.54, 1.807) is 0 Å². The molecule has 10 heteroatoms. The third-order valence-corrected chi connectivity index (χ3v) is 4.25. The van der Waals surface area contributed by atoms with Gasteiger partial charge in [-0.3, -0.25) is 14.2 Å². The molecule has 1 amide bonds. The first-order valence-electron chi connectivity index (χ1n) is 7.69. The maximum atomic E-state index is 12.0. The number of nitrogens with two attached hydrogens (primary N) is 1. The number of nitrogens with one attached hydrogen (secondary N) is 1. The highest BCUT2D eigenvalue weighted by Crippen LogP contribution is 2.38. The van der Waals surface area contributed by atoms with Crippen molar-refractivity contribution in [3.8, 4) is 11.1 Å². The van der Waals surface area contributed by atoms with Gasteiger partial charge in [0.15, 0.2) is 13.8 Å². The molecule has 27 heavy (non-hydrogen) atoms. The summed E-state index contributed by atoms with van der Waals surface area (Å²) in [4.78, 5) is 39.9. The van der Waals surface area contributed by atoms with Crippen LogP contribution >= 0.6 is 8.46 Å². The first kappa shape index (κ1) is 20.3. The number of carbonyl (C=O) groups is 3. The van der Waals surface area contributed by atoms with Gasteiger partial charge in [0, 0.05) is 0 Å². The number of nitrogen functional groups attached to an aromatic ring is 1. The predicted molar refractivity (Wildman–Crippen MR) is 96.0 cm³/mol. The van der Waals surface area contributed by atoms with Gasteiger partial charge in [0.2, 0.25) is 5.91 Å². The summed E-state index contributed by atoms with van der Waals surface area (Å²) in [6.07, 6.45) is -0.122. The summed E-state index contributed by atoms with van der Waals surface area (Å²) in [7, 11) is -0.302. The van der Waals surface area contributed by atoms with Gasteiger partial charge in [-0.2, -0.15) is 0 Å². The fraction of sp³-hybridized carbons (Fsp3) is 0.235. The number of aromatic carboxylic acids is 2. The Morgan fingerprint density at radius 2 is 1.56 bits per heavy atom. The van der Waals surface area contributed by atoms with Gasteiger partial charge in [0.25, 0.3) is 0 Å². The highest BCUT2D eigenvalue weighted by Gasteiger charge is 2.28. The molecular weight excluding hydrogens is 375 g/mol. The van der Waals surface area contributed by atoms with Crippen molar-refractivity contribution in [2.24, 2.45) is 0 Å². The molecule has 0 aromatic rings. The number of amides is 1. The number of hydrogen-bond donors (Lipinski definition) is 4. The quantitative estimate of drug-likeness (QED) is 0.413. The van der Waals surface area contributed by atoms with Gasteiger partial charge in [-0.25, -0.2) is 15.1 Å². The van der Waals surface area contributed by atoms with Crippen molar-refractivity contribution in [3.63, 3.8) is 0 Å². The Morgan fingerprint density at radius 1 is 1.07 bits per heavy atom. The van der Waals surface area contributed by atoms with Crippen LogP contribution in [-0.2, 0) is 20.6 Å². The Kier molecular flexibility index (Phi) is 5.78. The van der Waals surface area contributed by atoms with Crippen molar-refractivity contribution >= 4 is 32.0 Å². The van der Waals surface area contributed by atoms with E-state index in [9.17, 15) is 29.2 Å². The summed E-state index contributed by atoms with van der Waals surface area (Å²) < 4.78 is 10.9. The summed E-state index contributed by atoms with van der Waals surface area (Å²) in [5, 5.41) is 17.6. The fourth-order valence-corrected chi connectivity index (χ4v) is 2.55. The molecule has 142 valence electrons. The molecule has 0 atom stereocenters. The molecule has 0 heterocycles. The minimum absolute atomic E-state index is 0.122. The summed E-state index contributed by atoms with van der Waals surface area (Å²) in [5.41, 5.74) is 7.77. The number of hydroxylamine groups is 1. The number of fused-ring (bicyclic) bond motifs is 1. The SMILES string of the molecule is CC(C)(ONC(=O)Cc1ccc2c(C(=O)O)c(N)c(C(=O)O)c-2cc1)P=O. The van der Waals surface area contributed by atoms with Crippen molar-refractivity contribution in [2.45, 2.75) is 25.6 Å². The van der Waals surface area contributed by atoms with Gasteiger partial charge in [-0.1, -0.05) is 24.3 Å². The molecule has 0 spiro atoms. The van der Waals surface area contributed by atoms with Gasteiger partial charge in [0.1, 0.15) is 0 Å². The van der Waals surface area contributed by atoms with E-state index in [0.29, 0.717) is 5.56 Å². The molecule has 2 aliphatic rings. The van der Waals surface area contributed by atoms with Gasteiger partial charge >= 0.3 is 11.9 Å². The molecule has 0 bridgehead atoms. The monoisotopic (exact) mass is 392 g/mol. The van der Waals surface area contributed by atoms with Crippen molar-refractivity contribution in [1.82, 2.24) is 5.48 Å². The molecule has 9 nitrogen and oxygen atoms in total. The molecule has 0 unspecified atom stereocenters. The van der Waals surface area contributed by atoms with Crippen molar-refractivity contribution < 1.29 is 34.0 Å². The number of hydrogen-bond acceptors (Lipinski definition) is 6. The smallest absolute Gasteiger partial charge is 0.338 e. The lowest BCUT2D eigenvalue weighted by atomic mass is 10.1. The summed E-state index contributed by atoms with van der Waals surface area (Å²) >= 11 is 0. The van der Waals surface area contributed by atoms with E-state index in [1.165, 1.54) is 38.1 Å². The average Bonchev–Trinajstić information content (AvgIpc) is 2.73. The van der Waals surface area contributed by atoms with E-state index in [0.717, 1.165) is 0 Å². The molecular formula is C17H17N2O7P. The van der Waals surface area contributed by atoms with E-state index in [-0.39, 0.29) is 42.8 Å². The molecule has 2 rings (SSSR count). The van der Waals surface area contributed by atoms with E-state index in [4.69, 9.17) is 10.6 Å². The zero-order chi connectivity index (χ0) is 20.4. The van der Waals surface area contributed by atoms with Crippen LogP contribution in [0.1, 0.15) is 40.1 Å². The molecule has 0 radical (unpaired) electrons. The van der Waals surface area contributed by atoms with E-state index >= 15 is 0 Å². The van der Waals surface area contributed by atoms with Crippen molar-refractivity contribution in [3.05, 3.63) is 41.0 Å². The number of carboxylic acids is 2. The third kappa shape index (κ3) is 4.39. The first-order chi connectivity index (χ1) is 12.6. The molecule has 0 saturated carbocycles. The lowest BCUT2D eigenvalue weighted by Gasteiger charge is -2.16. The van der Waals surface area contributed by atoms with E-state index < -0.39 is 23.2 Å². The standard InChI is InChI=1S/C17H17N2O7P/c1-17(2,27-25)26-19-11(20)7-8-3-5-9-10(6-4-8)13(16(23)24)14(18)12(9)15(21)22/h3-6H,7,18H2,1-2H3,(H,19,20)(H,21,22)(H,23,24). The van der Waals surface area contributed by atoms with Crippen LogP contribution in [0, 0.1) is 0 Å². The van der Waals surface area contributed by atoms with Crippen LogP contribution in [0.15, 0.2) is 24.3 Å². The van der Waals surface area contributed by atoms with Crippen LogP contribution < -0.4 is 11.2 Å². The highest BCUT2D eigenvalue weighted by molar-refractivity contribution is 7.25. The minimum Gasteiger partial charge on any atom is -0.478 e. The molecule has 5 N–H and O–H groups in total. The van der Waals surface area contributed by atoms with Crippen LogP contribution in [-0.4, -0.2) is 33.4 Å². The molecule has 0 aliphatic heterocycles. The van der Waals surface area contributed by atoms with Gasteiger partial charge in [-0.15, -0.1) is 0 Å². The summed E-state index contributed by atoms with van der Waals surface area (Å²) in [6, 6.07) is 5.81. The van der Waals surface area contributed by atoms with Crippen LogP contribution in [0.2, 0.25) is 0 Å². The van der Waals surface area contributed by atoms with Crippen LogP contribution in [0.3, 0.4) is 0 Å². The van der Waals surface area contributed by atoms with Crippen LogP contribution in [0.4, 0.5) is 5.69 Å². The second-order valence-electron chi connectivity index (χ2n) is 6.19. The number of anilines is 1. The molecule has 0 fully saturated rings. The normalized spacial score (nSPS) is 11.5. The Labute approximate surface area is 155 Å². The maximum Gasteiger partial charge on any atom is 0.338 e. The third-order valence-electron chi connectivity index (χ3n) is 3.72.